The van der Waals surface area contributed by atoms with Crippen LogP contribution in [0.25, 0.3) is 11.3 Å². The van der Waals surface area contributed by atoms with Crippen LogP contribution in [0.5, 0.6) is 11.6 Å². The van der Waals surface area contributed by atoms with Gasteiger partial charge in [0.15, 0.2) is 0 Å². The van der Waals surface area contributed by atoms with E-state index in [-0.39, 0.29) is 12.0 Å². The van der Waals surface area contributed by atoms with E-state index in [2.05, 4.69) is 31.1 Å². The van der Waals surface area contributed by atoms with Gasteiger partial charge in [0.25, 0.3) is 5.91 Å². The molecule has 1 fully saturated rings. The van der Waals surface area contributed by atoms with Crippen LogP contribution in [-0.4, -0.2) is 52.3 Å². The van der Waals surface area contributed by atoms with Gasteiger partial charge in [0.2, 0.25) is 5.88 Å². The summed E-state index contributed by atoms with van der Waals surface area (Å²) in [6.07, 6.45) is 1.60. The lowest BCUT2D eigenvalue weighted by Crippen LogP contribution is -2.56. The Kier molecular flexibility index (Phi) is 4.81. The number of amides is 1. The monoisotopic (exact) mass is 428 g/mol. The van der Waals surface area contributed by atoms with Crippen molar-refractivity contribution in [2.75, 3.05) is 20.2 Å². The summed E-state index contributed by atoms with van der Waals surface area (Å²) < 4.78 is 12.0. The molecule has 1 aliphatic heterocycles. The standard InChI is InChI=1S/C19H17BrN4O3/c1-26-17-7-3-2-5-13(17)15-9-16(23-22-15)19(25)24-10-12(11-24)27-18-14(20)6-4-8-21-18/h2-9,12H,10-11H2,1H3,(H,22,23). The maximum Gasteiger partial charge on any atom is 0.272 e. The van der Waals surface area contributed by atoms with E-state index in [1.165, 1.54) is 0 Å². The Balaban J connectivity index is 1.40. The number of rotatable bonds is 5. The van der Waals surface area contributed by atoms with Crippen molar-refractivity contribution in [2.24, 2.45) is 0 Å². The minimum absolute atomic E-state index is 0.0724. The quantitative estimate of drug-likeness (QED) is 0.674. The van der Waals surface area contributed by atoms with Crippen molar-refractivity contribution in [1.29, 1.82) is 0 Å². The van der Waals surface area contributed by atoms with E-state index < -0.39 is 0 Å². The second-order valence-corrected chi connectivity index (χ2v) is 6.96. The minimum Gasteiger partial charge on any atom is -0.496 e. The van der Waals surface area contributed by atoms with Gasteiger partial charge in [-0.15, -0.1) is 0 Å². The summed E-state index contributed by atoms with van der Waals surface area (Å²) in [7, 11) is 1.61. The Morgan fingerprint density at radius 3 is 2.85 bits per heavy atom. The van der Waals surface area contributed by atoms with Crippen molar-refractivity contribution in [3.8, 4) is 22.9 Å². The number of hydrogen-bond donors (Lipinski definition) is 1. The summed E-state index contributed by atoms with van der Waals surface area (Å²) in [6.45, 7) is 1.01. The van der Waals surface area contributed by atoms with E-state index in [9.17, 15) is 4.79 Å². The van der Waals surface area contributed by atoms with Crippen LogP contribution in [0.15, 0.2) is 53.1 Å². The molecule has 0 bridgehead atoms. The molecule has 138 valence electrons. The average molecular weight is 429 g/mol. The number of halogens is 1. The molecule has 0 saturated carbocycles. The van der Waals surface area contributed by atoms with Gasteiger partial charge < -0.3 is 14.4 Å². The molecule has 1 N–H and O–H groups in total. The van der Waals surface area contributed by atoms with E-state index in [1.807, 2.05) is 36.4 Å². The number of carbonyl (C=O) groups is 1. The highest BCUT2D eigenvalue weighted by Crippen LogP contribution is 2.29. The highest BCUT2D eigenvalue weighted by molar-refractivity contribution is 9.10. The van der Waals surface area contributed by atoms with Gasteiger partial charge in [0, 0.05) is 11.8 Å². The summed E-state index contributed by atoms with van der Waals surface area (Å²) in [5, 5.41) is 7.08. The maximum atomic E-state index is 12.6. The van der Waals surface area contributed by atoms with Gasteiger partial charge in [0.05, 0.1) is 30.4 Å². The lowest BCUT2D eigenvalue weighted by molar-refractivity contribution is 0.0152. The van der Waals surface area contributed by atoms with Crippen molar-refractivity contribution in [3.63, 3.8) is 0 Å². The first-order chi connectivity index (χ1) is 13.2. The van der Waals surface area contributed by atoms with Crippen LogP contribution in [0.4, 0.5) is 0 Å². The molecule has 7 nitrogen and oxygen atoms in total. The Morgan fingerprint density at radius 2 is 2.07 bits per heavy atom. The van der Waals surface area contributed by atoms with Crippen LogP contribution in [-0.2, 0) is 0 Å². The van der Waals surface area contributed by atoms with Gasteiger partial charge in [-0.05, 0) is 46.3 Å². The molecule has 0 radical (unpaired) electrons. The van der Waals surface area contributed by atoms with Gasteiger partial charge in [-0.25, -0.2) is 4.98 Å². The number of pyridine rings is 1. The zero-order chi connectivity index (χ0) is 18.8. The molecule has 0 spiro atoms. The zero-order valence-electron chi connectivity index (χ0n) is 14.6. The first-order valence-electron chi connectivity index (χ1n) is 8.41. The number of hydrogen-bond acceptors (Lipinski definition) is 5. The summed E-state index contributed by atoms with van der Waals surface area (Å²) in [6, 6.07) is 13.0. The minimum atomic E-state index is -0.108. The summed E-state index contributed by atoms with van der Waals surface area (Å²) >= 11 is 3.40. The summed E-state index contributed by atoms with van der Waals surface area (Å²) in [4.78, 5) is 18.5. The Morgan fingerprint density at radius 1 is 1.26 bits per heavy atom. The molecule has 1 saturated heterocycles. The fraction of sp³-hybridized carbons (Fsp3) is 0.211. The lowest BCUT2D eigenvalue weighted by atomic mass is 10.1. The first kappa shape index (κ1) is 17.5. The van der Waals surface area contributed by atoms with Gasteiger partial charge in [-0.2, -0.15) is 5.10 Å². The molecule has 8 heteroatoms. The molecular formula is C19H17BrN4O3. The summed E-state index contributed by atoms with van der Waals surface area (Å²) in [5.74, 6) is 1.14. The normalized spacial score (nSPS) is 13.9. The Hall–Kier alpha value is -2.87. The number of H-pyrrole nitrogens is 1. The number of aromatic nitrogens is 3. The van der Waals surface area contributed by atoms with Gasteiger partial charge in [0.1, 0.15) is 17.5 Å². The van der Waals surface area contributed by atoms with E-state index in [0.717, 1.165) is 10.0 Å². The van der Waals surface area contributed by atoms with Crippen molar-refractivity contribution in [1.82, 2.24) is 20.1 Å². The highest BCUT2D eigenvalue weighted by Gasteiger charge is 2.34. The number of carbonyl (C=O) groups excluding carboxylic acids is 1. The third-order valence-corrected chi connectivity index (χ3v) is 4.93. The van der Waals surface area contributed by atoms with E-state index in [1.54, 1.807) is 24.3 Å². The zero-order valence-corrected chi connectivity index (χ0v) is 16.1. The lowest BCUT2D eigenvalue weighted by Gasteiger charge is -2.38. The molecule has 4 rings (SSSR count). The molecule has 27 heavy (non-hydrogen) atoms. The number of methoxy groups -OCH3 is 1. The molecule has 0 aliphatic carbocycles. The molecule has 2 aromatic heterocycles. The molecule has 1 amide bonds. The van der Waals surface area contributed by atoms with Crippen LogP contribution >= 0.6 is 15.9 Å². The number of aromatic amines is 1. The molecule has 3 heterocycles. The van der Waals surface area contributed by atoms with Crippen molar-refractivity contribution in [3.05, 3.63) is 58.8 Å². The predicted octanol–water partition coefficient (Wildman–Crippen LogP) is 3.15. The van der Waals surface area contributed by atoms with Crippen molar-refractivity contribution >= 4 is 21.8 Å². The van der Waals surface area contributed by atoms with Crippen LogP contribution in [0.3, 0.4) is 0 Å². The number of para-hydroxylation sites is 1. The SMILES string of the molecule is COc1ccccc1-c1cc(C(=O)N2CC(Oc3ncccc3Br)C2)[nH]n1. The molecule has 3 aromatic rings. The average Bonchev–Trinajstić information content (AvgIpc) is 3.15. The predicted molar refractivity (Wildman–Crippen MR) is 103 cm³/mol. The maximum absolute atomic E-state index is 12.6. The van der Waals surface area contributed by atoms with Crippen LogP contribution < -0.4 is 9.47 Å². The third kappa shape index (κ3) is 3.52. The number of likely N-dealkylation sites (tertiary alicyclic amines) is 1. The number of nitrogens with zero attached hydrogens (tertiary/aromatic N) is 3. The van der Waals surface area contributed by atoms with Gasteiger partial charge in [-0.1, -0.05) is 12.1 Å². The molecule has 1 aliphatic rings. The largest absolute Gasteiger partial charge is 0.496 e. The number of ether oxygens (including phenoxy) is 2. The van der Waals surface area contributed by atoms with Gasteiger partial charge in [-0.3, -0.25) is 9.89 Å². The van der Waals surface area contributed by atoms with E-state index in [0.29, 0.717) is 36.1 Å². The van der Waals surface area contributed by atoms with Crippen LogP contribution in [0.2, 0.25) is 0 Å². The van der Waals surface area contributed by atoms with Crippen molar-refractivity contribution < 1.29 is 14.3 Å². The third-order valence-electron chi connectivity index (χ3n) is 4.33. The topological polar surface area (TPSA) is 80.3 Å². The number of nitrogens with one attached hydrogen (secondary N) is 1. The molecule has 1 aromatic carbocycles. The van der Waals surface area contributed by atoms with Crippen molar-refractivity contribution in [2.45, 2.75) is 6.10 Å². The van der Waals surface area contributed by atoms with Crippen LogP contribution in [0.1, 0.15) is 10.5 Å². The second-order valence-electron chi connectivity index (χ2n) is 6.11. The highest BCUT2D eigenvalue weighted by atomic mass is 79.9. The molecular weight excluding hydrogens is 412 g/mol. The number of benzene rings is 1. The summed E-state index contributed by atoms with van der Waals surface area (Å²) in [5.41, 5.74) is 1.94. The van der Waals surface area contributed by atoms with Crippen LogP contribution in [0, 0.1) is 0 Å². The first-order valence-corrected chi connectivity index (χ1v) is 9.20. The smallest absolute Gasteiger partial charge is 0.272 e. The van der Waals surface area contributed by atoms with E-state index in [4.69, 9.17) is 9.47 Å². The Bertz CT molecular complexity index is 969. The fourth-order valence-electron chi connectivity index (χ4n) is 2.89. The van der Waals surface area contributed by atoms with E-state index >= 15 is 0 Å². The fourth-order valence-corrected chi connectivity index (χ4v) is 3.24. The van der Waals surface area contributed by atoms with Gasteiger partial charge >= 0.3 is 0 Å². The molecule has 0 unspecified atom stereocenters. The Labute approximate surface area is 164 Å². The second kappa shape index (κ2) is 7.40. The molecule has 0 atom stereocenters.